The van der Waals surface area contributed by atoms with Crippen LogP contribution in [-0.4, -0.2) is 22.4 Å². The Morgan fingerprint density at radius 3 is 2.79 bits per heavy atom. The number of allylic oxidation sites excluding steroid dienone is 1. The molecule has 1 aliphatic rings. The third-order valence-electron chi connectivity index (χ3n) is 4.45. The van der Waals surface area contributed by atoms with Crippen molar-refractivity contribution in [1.82, 2.24) is 9.97 Å². The van der Waals surface area contributed by atoms with Crippen LogP contribution in [0.1, 0.15) is 48.2 Å². The van der Waals surface area contributed by atoms with Crippen molar-refractivity contribution in [3.63, 3.8) is 0 Å². The maximum Gasteiger partial charge on any atom is 0.416 e. The Balaban J connectivity index is 1.60. The minimum absolute atomic E-state index is 0.0529. The summed E-state index contributed by atoms with van der Waals surface area (Å²) >= 11 is 0. The van der Waals surface area contributed by atoms with Gasteiger partial charge in [-0.05, 0) is 56.4 Å². The van der Waals surface area contributed by atoms with Gasteiger partial charge >= 0.3 is 6.18 Å². The summed E-state index contributed by atoms with van der Waals surface area (Å²) in [4.78, 5) is 20.6. The highest BCUT2D eigenvalue weighted by Crippen LogP contribution is 2.30. The Morgan fingerprint density at radius 2 is 2.04 bits per heavy atom. The summed E-state index contributed by atoms with van der Waals surface area (Å²) < 4.78 is 38.4. The van der Waals surface area contributed by atoms with Gasteiger partial charge in [0.15, 0.2) is 0 Å². The second kappa shape index (κ2) is 8.86. The van der Waals surface area contributed by atoms with Crippen molar-refractivity contribution < 1.29 is 18.0 Å². The van der Waals surface area contributed by atoms with E-state index in [1.165, 1.54) is 42.8 Å². The molecule has 0 saturated carbocycles. The molecule has 2 N–H and O–H groups in total. The highest BCUT2D eigenvalue weighted by Gasteiger charge is 2.30. The molecule has 0 spiro atoms. The van der Waals surface area contributed by atoms with E-state index < -0.39 is 17.6 Å². The van der Waals surface area contributed by atoms with Crippen LogP contribution in [0.25, 0.3) is 0 Å². The van der Waals surface area contributed by atoms with Crippen molar-refractivity contribution in [2.75, 3.05) is 17.2 Å². The Morgan fingerprint density at radius 1 is 1.18 bits per heavy atom. The number of aromatic nitrogens is 2. The topological polar surface area (TPSA) is 66.9 Å². The number of hydrogen-bond donors (Lipinski definition) is 2. The lowest BCUT2D eigenvalue weighted by molar-refractivity contribution is -0.137. The van der Waals surface area contributed by atoms with Crippen LogP contribution in [-0.2, 0) is 6.18 Å². The zero-order chi connectivity index (χ0) is 20.0. The standard InChI is InChI=1S/C20H21F3N4O/c21-20(22,23)15-7-4-8-16(13-15)26-18(28)17-10-12-25-19(27-17)24-11-9-14-5-2-1-3-6-14/h4-5,7-8,10,12-13H,1-3,6,9,11H2,(H,26,28)(H,24,25,27). The Labute approximate surface area is 161 Å². The first-order valence-electron chi connectivity index (χ1n) is 9.15. The lowest BCUT2D eigenvalue weighted by Gasteiger charge is -2.13. The molecule has 8 heteroatoms. The Kier molecular flexibility index (Phi) is 6.28. The van der Waals surface area contributed by atoms with Crippen molar-refractivity contribution in [3.05, 3.63) is 59.4 Å². The van der Waals surface area contributed by atoms with Crippen LogP contribution < -0.4 is 10.6 Å². The van der Waals surface area contributed by atoms with Gasteiger partial charge in [-0.2, -0.15) is 13.2 Å². The number of alkyl halides is 3. The van der Waals surface area contributed by atoms with Crippen LogP contribution in [0.2, 0.25) is 0 Å². The summed E-state index contributed by atoms with van der Waals surface area (Å²) in [6.45, 7) is 0.657. The number of halogens is 3. The molecule has 0 unspecified atom stereocenters. The van der Waals surface area contributed by atoms with Gasteiger partial charge in [0.2, 0.25) is 5.95 Å². The van der Waals surface area contributed by atoms with Crippen molar-refractivity contribution in [2.45, 2.75) is 38.3 Å². The summed E-state index contributed by atoms with van der Waals surface area (Å²) in [5.74, 6) is -0.284. The maximum atomic E-state index is 12.8. The average Bonchev–Trinajstić information content (AvgIpc) is 2.69. The molecule has 0 radical (unpaired) electrons. The number of benzene rings is 1. The number of anilines is 2. The predicted molar refractivity (Wildman–Crippen MR) is 101 cm³/mol. The molecule has 0 fully saturated rings. The fraction of sp³-hybridized carbons (Fsp3) is 0.350. The van der Waals surface area contributed by atoms with Crippen LogP contribution in [0.5, 0.6) is 0 Å². The van der Waals surface area contributed by atoms with Gasteiger partial charge in [-0.1, -0.05) is 17.7 Å². The first-order valence-corrected chi connectivity index (χ1v) is 9.15. The highest BCUT2D eigenvalue weighted by atomic mass is 19.4. The molecule has 0 saturated heterocycles. The molecular weight excluding hydrogens is 369 g/mol. The van der Waals surface area contributed by atoms with E-state index in [-0.39, 0.29) is 11.4 Å². The second-order valence-corrected chi connectivity index (χ2v) is 6.58. The largest absolute Gasteiger partial charge is 0.416 e. The van der Waals surface area contributed by atoms with Gasteiger partial charge in [-0.3, -0.25) is 4.79 Å². The number of carbonyl (C=O) groups is 1. The van der Waals surface area contributed by atoms with E-state index in [0.717, 1.165) is 31.4 Å². The number of amides is 1. The fourth-order valence-corrected chi connectivity index (χ4v) is 3.01. The smallest absolute Gasteiger partial charge is 0.354 e. The molecule has 28 heavy (non-hydrogen) atoms. The minimum Gasteiger partial charge on any atom is -0.354 e. The summed E-state index contributed by atoms with van der Waals surface area (Å²) in [6, 6.07) is 5.88. The van der Waals surface area contributed by atoms with E-state index in [0.29, 0.717) is 12.5 Å². The third kappa shape index (κ3) is 5.55. The molecule has 148 valence electrons. The SMILES string of the molecule is O=C(Nc1cccc(C(F)(F)F)c1)c1ccnc(NCCC2=CCCCC2)n1. The summed E-state index contributed by atoms with van der Waals surface area (Å²) in [7, 11) is 0. The normalized spacial score (nSPS) is 14.3. The van der Waals surface area contributed by atoms with Gasteiger partial charge in [0.05, 0.1) is 5.56 Å². The van der Waals surface area contributed by atoms with Crippen molar-refractivity contribution in [1.29, 1.82) is 0 Å². The van der Waals surface area contributed by atoms with Crippen LogP contribution >= 0.6 is 0 Å². The quantitative estimate of drug-likeness (QED) is 0.678. The van der Waals surface area contributed by atoms with Crippen LogP contribution in [0.15, 0.2) is 48.2 Å². The van der Waals surface area contributed by atoms with Crippen molar-refractivity contribution >= 4 is 17.5 Å². The predicted octanol–water partition coefficient (Wildman–Crippen LogP) is 5.05. The van der Waals surface area contributed by atoms with Gasteiger partial charge in [0.1, 0.15) is 5.69 Å². The molecule has 1 heterocycles. The van der Waals surface area contributed by atoms with E-state index in [4.69, 9.17) is 0 Å². The summed E-state index contributed by atoms with van der Waals surface area (Å²) in [5, 5.41) is 5.53. The first-order chi connectivity index (χ1) is 13.4. The lowest BCUT2D eigenvalue weighted by Crippen LogP contribution is -2.16. The molecule has 1 amide bonds. The second-order valence-electron chi connectivity index (χ2n) is 6.58. The number of nitrogens with one attached hydrogen (secondary N) is 2. The van der Waals surface area contributed by atoms with E-state index in [9.17, 15) is 18.0 Å². The summed E-state index contributed by atoms with van der Waals surface area (Å²) in [5.41, 5.74) is 0.716. The highest BCUT2D eigenvalue weighted by molar-refractivity contribution is 6.03. The molecule has 1 aliphatic carbocycles. The van der Waals surface area contributed by atoms with Crippen molar-refractivity contribution in [3.8, 4) is 0 Å². The fourth-order valence-electron chi connectivity index (χ4n) is 3.01. The molecule has 1 aromatic carbocycles. The van der Waals surface area contributed by atoms with Crippen LogP contribution in [0, 0.1) is 0 Å². The Bertz CT molecular complexity index is 865. The van der Waals surface area contributed by atoms with Gasteiger partial charge in [-0.15, -0.1) is 0 Å². The van der Waals surface area contributed by atoms with E-state index in [2.05, 4.69) is 26.7 Å². The zero-order valence-electron chi connectivity index (χ0n) is 15.2. The minimum atomic E-state index is -4.47. The molecule has 0 bridgehead atoms. The average molecular weight is 390 g/mol. The number of carbonyl (C=O) groups excluding carboxylic acids is 1. The number of nitrogens with zero attached hydrogens (tertiary/aromatic N) is 2. The van der Waals surface area contributed by atoms with Gasteiger partial charge in [0, 0.05) is 18.4 Å². The number of hydrogen-bond acceptors (Lipinski definition) is 4. The molecule has 0 aliphatic heterocycles. The van der Waals surface area contributed by atoms with E-state index in [1.54, 1.807) is 0 Å². The number of rotatable bonds is 6. The maximum absolute atomic E-state index is 12.8. The van der Waals surface area contributed by atoms with E-state index in [1.807, 2.05) is 0 Å². The van der Waals surface area contributed by atoms with Gasteiger partial charge in [0.25, 0.3) is 5.91 Å². The molecular formula is C20H21F3N4O. The molecule has 3 rings (SSSR count). The first kappa shape index (κ1) is 19.9. The summed E-state index contributed by atoms with van der Waals surface area (Å²) in [6.07, 6.45) is 4.82. The molecule has 5 nitrogen and oxygen atoms in total. The van der Waals surface area contributed by atoms with Gasteiger partial charge in [-0.25, -0.2) is 9.97 Å². The van der Waals surface area contributed by atoms with Crippen molar-refractivity contribution in [2.24, 2.45) is 0 Å². The monoisotopic (exact) mass is 390 g/mol. The molecule has 0 atom stereocenters. The molecule has 2 aromatic rings. The Hall–Kier alpha value is -2.90. The van der Waals surface area contributed by atoms with Crippen LogP contribution in [0.3, 0.4) is 0 Å². The van der Waals surface area contributed by atoms with E-state index >= 15 is 0 Å². The zero-order valence-corrected chi connectivity index (χ0v) is 15.2. The van der Waals surface area contributed by atoms with Gasteiger partial charge < -0.3 is 10.6 Å². The third-order valence-corrected chi connectivity index (χ3v) is 4.45. The molecule has 1 aromatic heterocycles. The van der Waals surface area contributed by atoms with Crippen LogP contribution in [0.4, 0.5) is 24.8 Å². The lowest BCUT2D eigenvalue weighted by atomic mass is 9.97.